The van der Waals surface area contributed by atoms with E-state index in [1.54, 1.807) is 0 Å². The van der Waals surface area contributed by atoms with Crippen LogP contribution in [0.3, 0.4) is 0 Å². The number of nitrogens with one attached hydrogen (secondary N) is 1. The number of nitrogens with zero attached hydrogens (tertiary/aromatic N) is 1. The average Bonchev–Trinajstić information content (AvgIpc) is 2.51. The predicted octanol–water partition coefficient (Wildman–Crippen LogP) is 3.22. The van der Waals surface area contributed by atoms with Crippen LogP contribution in [0.4, 0.5) is 0 Å². The molecule has 4 nitrogen and oxygen atoms in total. The summed E-state index contributed by atoms with van der Waals surface area (Å²) in [6, 6.07) is 0. The summed E-state index contributed by atoms with van der Waals surface area (Å²) in [5.41, 5.74) is 0.195. The highest BCUT2D eigenvalue weighted by atomic mass is 16.7. The Labute approximate surface area is 136 Å². The molecule has 0 aliphatic carbocycles. The highest BCUT2D eigenvalue weighted by Gasteiger charge is 2.39. The fraction of sp³-hybridized carbons (Fsp3) is 1.00. The van der Waals surface area contributed by atoms with E-state index in [4.69, 9.17) is 9.47 Å². The molecular formula is C18H36N2O2. The van der Waals surface area contributed by atoms with Crippen LogP contribution in [0.1, 0.15) is 59.8 Å². The van der Waals surface area contributed by atoms with Gasteiger partial charge in [0.25, 0.3) is 0 Å². The van der Waals surface area contributed by atoms with Crippen LogP contribution in [0.15, 0.2) is 0 Å². The summed E-state index contributed by atoms with van der Waals surface area (Å²) < 4.78 is 11.3. The summed E-state index contributed by atoms with van der Waals surface area (Å²) in [5, 5.41) is 3.91. The third-order valence-electron chi connectivity index (χ3n) is 5.17. The Morgan fingerprint density at radius 3 is 2.45 bits per heavy atom. The second-order valence-corrected chi connectivity index (χ2v) is 7.35. The van der Waals surface area contributed by atoms with Crippen molar-refractivity contribution in [3.8, 4) is 0 Å². The Hall–Kier alpha value is -0.160. The van der Waals surface area contributed by atoms with Crippen LogP contribution in [-0.4, -0.2) is 49.7 Å². The lowest BCUT2D eigenvalue weighted by Gasteiger charge is -2.51. The minimum Gasteiger partial charge on any atom is -0.353 e. The van der Waals surface area contributed by atoms with Gasteiger partial charge in [-0.25, -0.2) is 0 Å². The lowest BCUT2D eigenvalue weighted by atomic mass is 9.87. The first kappa shape index (κ1) is 18.2. The van der Waals surface area contributed by atoms with Crippen molar-refractivity contribution in [1.29, 1.82) is 0 Å². The van der Waals surface area contributed by atoms with Crippen LogP contribution < -0.4 is 5.32 Å². The van der Waals surface area contributed by atoms with Crippen molar-refractivity contribution in [3.05, 3.63) is 0 Å². The molecule has 0 bridgehead atoms. The highest BCUT2D eigenvalue weighted by molar-refractivity contribution is 4.93. The van der Waals surface area contributed by atoms with Crippen molar-refractivity contribution in [2.75, 3.05) is 32.8 Å². The number of hydrogen-bond donors (Lipinski definition) is 1. The Bertz CT molecular complexity index is 318. The van der Waals surface area contributed by atoms with Gasteiger partial charge in [-0.1, -0.05) is 27.2 Å². The van der Waals surface area contributed by atoms with E-state index in [0.29, 0.717) is 5.92 Å². The van der Waals surface area contributed by atoms with E-state index in [2.05, 4.69) is 31.0 Å². The molecule has 0 radical (unpaired) electrons. The molecule has 2 atom stereocenters. The molecule has 22 heavy (non-hydrogen) atoms. The standard InChI is InChI=1S/C18H36N2O2/c1-5-8-18(9-7-17-13-21-16(4)22-14-17)19-11-15(3)12-20(18)10-6-2/h15-17,19H,5-14H2,1-4H3. The van der Waals surface area contributed by atoms with Crippen molar-refractivity contribution in [1.82, 2.24) is 10.2 Å². The number of ether oxygens (including phenoxy) is 2. The fourth-order valence-corrected chi connectivity index (χ4v) is 3.95. The van der Waals surface area contributed by atoms with Crippen molar-refractivity contribution >= 4 is 0 Å². The normalized spacial score (nSPS) is 37.4. The van der Waals surface area contributed by atoms with Gasteiger partial charge in [-0.3, -0.25) is 10.2 Å². The Morgan fingerprint density at radius 2 is 1.82 bits per heavy atom. The zero-order valence-corrected chi connectivity index (χ0v) is 15.1. The van der Waals surface area contributed by atoms with Crippen LogP contribution in [0.25, 0.3) is 0 Å². The smallest absolute Gasteiger partial charge is 0.154 e. The third-order valence-corrected chi connectivity index (χ3v) is 5.17. The molecule has 1 N–H and O–H groups in total. The summed E-state index contributed by atoms with van der Waals surface area (Å²) in [6.45, 7) is 14.2. The lowest BCUT2D eigenvalue weighted by Crippen LogP contribution is -2.65. The fourth-order valence-electron chi connectivity index (χ4n) is 3.95. The van der Waals surface area contributed by atoms with Gasteiger partial charge < -0.3 is 9.47 Å². The molecule has 0 aromatic rings. The Kier molecular flexibility index (Phi) is 7.13. The summed E-state index contributed by atoms with van der Waals surface area (Å²) in [4.78, 5) is 2.72. The number of hydrogen-bond acceptors (Lipinski definition) is 4. The molecule has 2 aliphatic rings. The second kappa shape index (κ2) is 8.62. The third kappa shape index (κ3) is 4.67. The molecule has 0 aromatic carbocycles. The van der Waals surface area contributed by atoms with Gasteiger partial charge in [-0.15, -0.1) is 0 Å². The molecule has 130 valence electrons. The van der Waals surface area contributed by atoms with E-state index >= 15 is 0 Å². The van der Waals surface area contributed by atoms with Crippen LogP contribution >= 0.6 is 0 Å². The maximum absolute atomic E-state index is 5.66. The summed E-state index contributed by atoms with van der Waals surface area (Å²) in [7, 11) is 0. The lowest BCUT2D eigenvalue weighted by molar-refractivity contribution is -0.192. The van der Waals surface area contributed by atoms with Crippen molar-refractivity contribution in [2.45, 2.75) is 71.8 Å². The van der Waals surface area contributed by atoms with E-state index in [1.165, 1.54) is 45.2 Å². The first-order valence-corrected chi connectivity index (χ1v) is 9.33. The van der Waals surface area contributed by atoms with E-state index in [9.17, 15) is 0 Å². The second-order valence-electron chi connectivity index (χ2n) is 7.35. The number of rotatable bonds is 7. The molecule has 2 unspecified atom stereocenters. The quantitative estimate of drug-likeness (QED) is 0.782. The highest BCUT2D eigenvalue weighted by Crippen LogP contribution is 2.31. The van der Waals surface area contributed by atoms with Gasteiger partial charge in [0, 0.05) is 19.0 Å². The van der Waals surface area contributed by atoms with Gasteiger partial charge in [0.1, 0.15) is 0 Å². The Morgan fingerprint density at radius 1 is 1.09 bits per heavy atom. The first-order valence-electron chi connectivity index (χ1n) is 9.33. The monoisotopic (exact) mass is 312 g/mol. The molecule has 2 fully saturated rings. The molecule has 0 saturated carbocycles. The molecular weight excluding hydrogens is 276 g/mol. The van der Waals surface area contributed by atoms with Gasteiger partial charge >= 0.3 is 0 Å². The van der Waals surface area contributed by atoms with Crippen LogP contribution in [-0.2, 0) is 9.47 Å². The van der Waals surface area contributed by atoms with Crippen LogP contribution in [0, 0.1) is 11.8 Å². The van der Waals surface area contributed by atoms with Crippen molar-refractivity contribution in [2.24, 2.45) is 11.8 Å². The Balaban J connectivity index is 1.96. The predicted molar refractivity (Wildman–Crippen MR) is 90.8 cm³/mol. The molecule has 4 heteroatoms. The maximum Gasteiger partial charge on any atom is 0.154 e. The molecule has 2 rings (SSSR count). The van der Waals surface area contributed by atoms with Gasteiger partial charge in [0.2, 0.25) is 0 Å². The summed E-state index contributed by atoms with van der Waals surface area (Å²) >= 11 is 0. The molecule has 2 heterocycles. The van der Waals surface area contributed by atoms with E-state index in [0.717, 1.165) is 25.7 Å². The van der Waals surface area contributed by atoms with Gasteiger partial charge in [0.05, 0.1) is 18.9 Å². The zero-order chi connectivity index (χ0) is 16.0. The van der Waals surface area contributed by atoms with E-state index in [1.807, 2.05) is 6.92 Å². The minimum atomic E-state index is -0.0221. The molecule has 2 saturated heterocycles. The summed E-state index contributed by atoms with van der Waals surface area (Å²) in [5.74, 6) is 1.30. The SMILES string of the molecule is CCCN1CC(C)CNC1(CCC)CCC1COC(C)OC1. The van der Waals surface area contributed by atoms with E-state index in [-0.39, 0.29) is 12.0 Å². The van der Waals surface area contributed by atoms with Gasteiger partial charge in [-0.2, -0.15) is 0 Å². The average molecular weight is 312 g/mol. The molecule has 0 amide bonds. The summed E-state index contributed by atoms with van der Waals surface area (Å²) in [6.07, 6.45) is 6.08. The minimum absolute atomic E-state index is 0.0221. The van der Waals surface area contributed by atoms with E-state index < -0.39 is 0 Å². The molecule has 0 spiro atoms. The zero-order valence-electron chi connectivity index (χ0n) is 15.1. The first-order chi connectivity index (χ1) is 10.6. The maximum atomic E-state index is 5.66. The molecule has 0 aromatic heterocycles. The van der Waals surface area contributed by atoms with Crippen molar-refractivity contribution in [3.63, 3.8) is 0 Å². The van der Waals surface area contributed by atoms with Crippen LogP contribution in [0.5, 0.6) is 0 Å². The van der Waals surface area contributed by atoms with Crippen LogP contribution in [0.2, 0.25) is 0 Å². The topological polar surface area (TPSA) is 33.7 Å². The van der Waals surface area contributed by atoms with Gasteiger partial charge in [-0.05, 0) is 45.1 Å². The van der Waals surface area contributed by atoms with Crippen molar-refractivity contribution < 1.29 is 9.47 Å². The van der Waals surface area contributed by atoms with Gasteiger partial charge in [0.15, 0.2) is 6.29 Å². The molecule has 2 aliphatic heterocycles. The largest absolute Gasteiger partial charge is 0.353 e.